The predicted octanol–water partition coefficient (Wildman–Crippen LogP) is 1.74. The van der Waals surface area contributed by atoms with Crippen LogP contribution in [-0.2, 0) is 21.7 Å². The summed E-state index contributed by atoms with van der Waals surface area (Å²) in [6, 6.07) is 12.7. The first-order chi connectivity index (χ1) is 14.7. The molecule has 0 radical (unpaired) electrons. The van der Waals surface area contributed by atoms with Crippen LogP contribution in [-0.4, -0.2) is 63.7 Å². The SMILES string of the molecule is CCOc1ccc(Cc2cc(C34OCC(C(C)O)(O3)[C@H](O)[C@H](O)[C@H]4O)ccc2Cl)cc1. The van der Waals surface area contributed by atoms with Gasteiger partial charge in [0.05, 0.1) is 19.3 Å². The number of aliphatic hydroxyl groups excluding tert-OH is 4. The molecule has 0 amide bonds. The van der Waals surface area contributed by atoms with Gasteiger partial charge in [-0.1, -0.05) is 29.8 Å². The largest absolute Gasteiger partial charge is 0.494 e. The maximum absolute atomic E-state index is 10.8. The van der Waals surface area contributed by atoms with E-state index in [9.17, 15) is 20.4 Å². The van der Waals surface area contributed by atoms with E-state index >= 15 is 0 Å². The third-order valence-electron chi connectivity index (χ3n) is 6.18. The molecule has 2 aliphatic heterocycles. The van der Waals surface area contributed by atoms with Crippen molar-refractivity contribution in [2.24, 2.45) is 0 Å². The second-order valence-electron chi connectivity index (χ2n) is 8.13. The average molecular weight is 451 g/mol. The Balaban J connectivity index is 1.67. The van der Waals surface area contributed by atoms with Gasteiger partial charge in [0, 0.05) is 10.6 Å². The Morgan fingerprint density at radius 3 is 2.48 bits per heavy atom. The molecule has 168 valence electrons. The van der Waals surface area contributed by atoms with Crippen LogP contribution in [0.25, 0.3) is 0 Å². The molecule has 4 N–H and O–H groups in total. The molecule has 2 fully saturated rings. The van der Waals surface area contributed by atoms with E-state index in [1.54, 1.807) is 18.2 Å². The molecule has 3 unspecified atom stereocenters. The van der Waals surface area contributed by atoms with Gasteiger partial charge in [-0.05, 0) is 55.7 Å². The summed E-state index contributed by atoms with van der Waals surface area (Å²) in [6.07, 6.45) is -5.25. The molecular weight excluding hydrogens is 424 g/mol. The van der Waals surface area contributed by atoms with Crippen molar-refractivity contribution in [2.75, 3.05) is 13.2 Å². The summed E-state index contributed by atoms with van der Waals surface area (Å²) < 4.78 is 17.3. The summed E-state index contributed by atoms with van der Waals surface area (Å²) >= 11 is 6.43. The number of benzene rings is 2. The van der Waals surface area contributed by atoms with Crippen molar-refractivity contribution in [1.29, 1.82) is 0 Å². The van der Waals surface area contributed by atoms with Gasteiger partial charge in [-0.15, -0.1) is 0 Å². The molecule has 4 rings (SSSR count). The molecule has 0 aliphatic carbocycles. The van der Waals surface area contributed by atoms with Crippen LogP contribution in [0.4, 0.5) is 0 Å². The Bertz CT molecular complexity index is 934. The van der Waals surface area contributed by atoms with Crippen LogP contribution in [0.1, 0.15) is 30.5 Å². The molecule has 2 heterocycles. The normalized spacial score (nSPS) is 33.3. The quantitative estimate of drug-likeness (QED) is 0.531. The van der Waals surface area contributed by atoms with Crippen molar-refractivity contribution < 1.29 is 34.6 Å². The van der Waals surface area contributed by atoms with Gasteiger partial charge in [0.15, 0.2) is 0 Å². The molecule has 8 heteroatoms. The van der Waals surface area contributed by atoms with Crippen molar-refractivity contribution in [3.63, 3.8) is 0 Å². The number of ether oxygens (including phenoxy) is 3. The molecular formula is C23H27ClO7. The Hall–Kier alpha value is -1.71. The zero-order valence-corrected chi connectivity index (χ0v) is 18.1. The molecule has 31 heavy (non-hydrogen) atoms. The molecule has 2 saturated heterocycles. The molecule has 7 nitrogen and oxygen atoms in total. The lowest BCUT2D eigenvalue weighted by atomic mass is 9.81. The van der Waals surface area contributed by atoms with E-state index < -0.39 is 35.8 Å². The van der Waals surface area contributed by atoms with Crippen LogP contribution in [0.3, 0.4) is 0 Å². The summed E-state index contributed by atoms with van der Waals surface area (Å²) in [4.78, 5) is 0. The van der Waals surface area contributed by atoms with Gasteiger partial charge in [0.2, 0.25) is 5.79 Å². The van der Waals surface area contributed by atoms with Gasteiger partial charge >= 0.3 is 0 Å². The van der Waals surface area contributed by atoms with E-state index in [1.165, 1.54) is 6.92 Å². The Kier molecular flexibility index (Phi) is 6.04. The highest BCUT2D eigenvalue weighted by Gasteiger charge is 2.68. The summed E-state index contributed by atoms with van der Waals surface area (Å²) in [7, 11) is 0. The molecule has 6 atom stereocenters. The summed E-state index contributed by atoms with van der Waals surface area (Å²) in [5, 5.41) is 42.5. The highest BCUT2D eigenvalue weighted by Crippen LogP contribution is 2.51. The molecule has 2 aliphatic rings. The lowest BCUT2D eigenvalue weighted by molar-refractivity contribution is -0.336. The van der Waals surface area contributed by atoms with Crippen molar-refractivity contribution in [1.82, 2.24) is 0 Å². The zero-order chi connectivity index (χ0) is 22.4. The van der Waals surface area contributed by atoms with E-state index in [1.807, 2.05) is 31.2 Å². The van der Waals surface area contributed by atoms with Crippen molar-refractivity contribution in [3.05, 3.63) is 64.2 Å². The van der Waals surface area contributed by atoms with Gasteiger partial charge in [-0.2, -0.15) is 0 Å². The van der Waals surface area contributed by atoms with Crippen molar-refractivity contribution in [3.8, 4) is 5.75 Å². The number of aliphatic hydroxyl groups is 4. The number of fused-ring (bicyclic) bond motifs is 2. The summed E-state index contributed by atoms with van der Waals surface area (Å²) in [5.74, 6) is -0.946. The van der Waals surface area contributed by atoms with E-state index in [2.05, 4.69) is 0 Å². The van der Waals surface area contributed by atoms with Gasteiger partial charge in [-0.3, -0.25) is 0 Å². The van der Waals surface area contributed by atoms with E-state index in [0.717, 1.165) is 16.9 Å². The first kappa shape index (κ1) is 22.5. The molecule has 0 aromatic heterocycles. The molecule has 2 aromatic carbocycles. The van der Waals surface area contributed by atoms with Crippen LogP contribution in [0.2, 0.25) is 5.02 Å². The summed E-state index contributed by atoms with van der Waals surface area (Å²) in [6.45, 7) is 3.78. The van der Waals surface area contributed by atoms with Crippen LogP contribution in [0, 0.1) is 0 Å². The lowest BCUT2D eigenvalue weighted by Gasteiger charge is -2.47. The minimum Gasteiger partial charge on any atom is -0.494 e. The monoisotopic (exact) mass is 450 g/mol. The second-order valence-corrected chi connectivity index (χ2v) is 8.54. The Labute approximate surface area is 185 Å². The van der Waals surface area contributed by atoms with Gasteiger partial charge in [0.25, 0.3) is 0 Å². The van der Waals surface area contributed by atoms with Crippen LogP contribution in [0.15, 0.2) is 42.5 Å². The minimum absolute atomic E-state index is 0.184. The third kappa shape index (κ3) is 3.64. The van der Waals surface area contributed by atoms with Gasteiger partial charge in [-0.25, -0.2) is 0 Å². The first-order valence-corrected chi connectivity index (χ1v) is 10.7. The smallest absolute Gasteiger partial charge is 0.225 e. The van der Waals surface area contributed by atoms with Crippen LogP contribution in [0.5, 0.6) is 5.75 Å². The number of hydrogen-bond donors (Lipinski definition) is 4. The van der Waals surface area contributed by atoms with Crippen molar-refractivity contribution >= 4 is 11.6 Å². The average Bonchev–Trinajstić information content (AvgIpc) is 3.15. The number of rotatable bonds is 6. The standard InChI is InChI=1S/C23H27ClO7/c1-3-29-17-7-4-14(5-8-17)10-15-11-16(6-9-18(15)24)23-21(28)19(26)20(27)22(31-23,12-30-23)13(2)25/h4-9,11,13,19-21,25-28H,3,10,12H2,1-2H3/t13?,19-,20+,21+,22?,23?/m0/s1. The van der Waals surface area contributed by atoms with Crippen molar-refractivity contribution in [2.45, 2.75) is 56.1 Å². The highest BCUT2D eigenvalue weighted by molar-refractivity contribution is 6.31. The number of hydrogen-bond acceptors (Lipinski definition) is 7. The maximum atomic E-state index is 10.8. The van der Waals surface area contributed by atoms with Gasteiger partial charge in [0.1, 0.15) is 29.7 Å². The maximum Gasteiger partial charge on any atom is 0.225 e. The summed E-state index contributed by atoms with van der Waals surface area (Å²) in [5.41, 5.74) is 0.672. The fraction of sp³-hybridized carbons (Fsp3) is 0.478. The first-order valence-electron chi connectivity index (χ1n) is 10.3. The Morgan fingerprint density at radius 2 is 1.84 bits per heavy atom. The fourth-order valence-electron chi connectivity index (χ4n) is 4.32. The highest BCUT2D eigenvalue weighted by atomic mass is 35.5. The zero-order valence-electron chi connectivity index (χ0n) is 17.4. The molecule has 2 bridgehead atoms. The fourth-order valence-corrected chi connectivity index (χ4v) is 4.51. The third-order valence-corrected chi connectivity index (χ3v) is 6.54. The van der Waals surface area contributed by atoms with E-state index in [-0.39, 0.29) is 6.61 Å². The van der Waals surface area contributed by atoms with Crippen LogP contribution >= 0.6 is 11.6 Å². The molecule has 2 aromatic rings. The molecule has 0 spiro atoms. The second kappa shape index (κ2) is 8.33. The minimum atomic E-state index is -1.73. The van der Waals surface area contributed by atoms with E-state index in [0.29, 0.717) is 23.6 Å². The topological polar surface area (TPSA) is 109 Å². The lowest BCUT2D eigenvalue weighted by Crippen LogP contribution is -2.67. The molecule has 0 saturated carbocycles. The van der Waals surface area contributed by atoms with Crippen LogP contribution < -0.4 is 4.74 Å². The van der Waals surface area contributed by atoms with E-state index in [4.69, 9.17) is 25.8 Å². The predicted molar refractivity (Wildman–Crippen MR) is 113 cm³/mol. The Morgan fingerprint density at radius 1 is 1.13 bits per heavy atom. The number of halogens is 1. The van der Waals surface area contributed by atoms with Gasteiger partial charge < -0.3 is 34.6 Å².